The highest BCUT2D eigenvalue weighted by molar-refractivity contribution is 5.83. The highest BCUT2D eigenvalue weighted by Gasteiger charge is 2.26. The molecular formula is C17H18O5. The number of rotatable bonds is 4. The van der Waals surface area contributed by atoms with E-state index in [9.17, 15) is 14.7 Å². The molecule has 0 aliphatic heterocycles. The number of fused-ring (bicyclic) bond motifs is 1. The second-order valence-electron chi connectivity index (χ2n) is 5.66. The third kappa shape index (κ3) is 2.71. The Hall–Kier alpha value is -2.30. The highest BCUT2D eigenvalue weighted by atomic mass is 16.5. The minimum absolute atomic E-state index is 0.00151. The fourth-order valence-electron chi connectivity index (χ4n) is 2.62. The molecule has 1 fully saturated rings. The number of carbonyl (C=O) groups excluding carboxylic acids is 1. The molecule has 0 unspecified atom stereocenters. The molecular weight excluding hydrogens is 284 g/mol. The summed E-state index contributed by atoms with van der Waals surface area (Å²) in [5, 5.41) is 10.6. The van der Waals surface area contributed by atoms with Gasteiger partial charge in [0, 0.05) is 23.1 Å². The minimum Gasteiger partial charge on any atom is -0.508 e. The Labute approximate surface area is 127 Å². The van der Waals surface area contributed by atoms with Gasteiger partial charge in [-0.1, -0.05) is 13.3 Å². The van der Waals surface area contributed by atoms with Crippen molar-refractivity contribution < 1.29 is 19.1 Å². The Morgan fingerprint density at radius 2 is 2.09 bits per heavy atom. The maximum absolute atomic E-state index is 11.8. The first kappa shape index (κ1) is 14.6. The van der Waals surface area contributed by atoms with Crippen LogP contribution in [-0.2, 0) is 22.6 Å². The standard InChI is InChI=1S/C17H18O5/c1-2-10-6-13-12(9-21-17(20)11-4-3-5-11)7-16(19)22-15(13)8-14(10)18/h6-8,11,18H,2-5,9H2,1H3. The number of phenolic OH excluding ortho intramolecular Hbond substituents is 1. The number of benzene rings is 1. The third-order valence-corrected chi connectivity index (χ3v) is 4.22. The lowest BCUT2D eigenvalue weighted by molar-refractivity contribution is -0.152. The summed E-state index contributed by atoms with van der Waals surface area (Å²) in [6.45, 7) is 1.97. The molecule has 0 spiro atoms. The summed E-state index contributed by atoms with van der Waals surface area (Å²) < 4.78 is 10.4. The number of hydrogen-bond donors (Lipinski definition) is 1. The molecule has 0 atom stereocenters. The number of hydrogen-bond acceptors (Lipinski definition) is 5. The summed E-state index contributed by atoms with van der Waals surface area (Å²) >= 11 is 0. The molecule has 1 aromatic carbocycles. The van der Waals surface area contributed by atoms with Crippen LogP contribution in [0.5, 0.6) is 5.75 Å². The zero-order valence-corrected chi connectivity index (χ0v) is 12.4. The van der Waals surface area contributed by atoms with E-state index in [0.29, 0.717) is 23.0 Å². The zero-order valence-electron chi connectivity index (χ0n) is 12.4. The van der Waals surface area contributed by atoms with Crippen LogP contribution in [0.1, 0.15) is 37.3 Å². The molecule has 5 heteroatoms. The molecule has 1 aromatic heterocycles. The average Bonchev–Trinajstić information content (AvgIpc) is 2.42. The van der Waals surface area contributed by atoms with Gasteiger partial charge in [-0.25, -0.2) is 4.79 Å². The van der Waals surface area contributed by atoms with Crippen molar-refractivity contribution in [2.75, 3.05) is 0 Å². The average molecular weight is 302 g/mol. The monoisotopic (exact) mass is 302 g/mol. The predicted octanol–water partition coefficient (Wildman–Crippen LogP) is 2.90. The normalized spacial score (nSPS) is 14.8. The fourth-order valence-corrected chi connectivity index (χ4v) is 2.62. The first-order valence-electron chi connectivity index (χ1n) is 7.53. The van der Waals surface area contributed by atoms with Crippen molar-refractivity contribution in [3.63, 3.8) is 0 Å². The van der Waals surface area contributed by atoms with E-state index >= 15 is 0 Å². The molecule has 0 radical (unpaired) electrons. The highest BCUT2D eigenvalue weighted by Crippen LogP contribution is 2.29. The Morgan fingerprint density at radius 1 is 1.32 bits per heavy atom. The van der Waals surface area contributed by atoms with Gasteiger partial charge in [0.05, 0.1) is 5.92 Å². The second-order valence-corrected chi connectivity index (χ2v) is 5.66. The van der Waals surface area contributed by atoms with E-state index in [1.807, 2.05) is 6.92 Å². The molecule has 1 heterocycles. The molecule has 0 bridgehead atoms. The van der Waals surface area contributed by atoms with Crippen LogP contribution < -0.4 is 5.63 Å². The molecule has 0 saturated heterocycles. The van der Waals surface area contributed by atoms with Crippen LogP contribution in [0.2, 0.25) is 0 Å². The van der Waals surface area contributed by atoms with Crippen LogP contribution in [-0.4, -0.2) is 11.1 Å². The summed E-state index contributed by atoms with van der Waals surface area (Å²) in [7, 11) is 0. The number of ether oxygens (including phenoxy) is 1. The van der Waals surface area contributed by atoms with E-state index in [0.717, 1.165) is 24.8 Å². The van der Waals surface area contributed by atoms with Crippen LogP contribution in [0, 0.1) is 5.92 Å². The number of aromatic hydroxyl groups is 1. The van der Waals surface area contributed by atoms with Crippen molar-refractivity contribution in [3.8, 4) is 5.75 Å². The molecule has 22 heavy (non-hydrogen) atoms. The van der Waals surface area contributed by atoms with Gasteiger partial charge >= 0.3 is 11.6 Å². The van der Waals surface area contributed by atoms with Gasteiger partial charge in [0.25, 0.3) is 0 Å². The van der Waals surface area contributed by atoms with E-state index in [1.165, 1.54) is 12.1 Å². The van der Waals surface area contributed by atoms with Crippen molar-refractivity contribution in [2.45, 2.75) is 39.2 Å². The lowest BCUT2D eigenvalue weighted by atomic mass is 9.86. The molecule has 3 rings (SSSR count). The van der Waals surface area contributed by atoms with Gasteiger partial charge in [-0.3, -0.25) is 4.79 Å². The lowest BCUT2D eigenvalue weighted by Crippen LogP contribution is -2.24. The van der Waals surface area contributed by atoms with Crippen molar-refractivity contribution in [2.24, 2.45) is 5.92 Å². The third-order valence-electron chi connectivity index (χ3n) is 4.22. The van der Waals surface area contributed by atoms with Gasteiger partial charge < -0.3 is 14.3 Å². The van der Waals surface area contributed by atoms with E-state index in [4.69, 9.17) is 9.15 Å². The van der Waals surface area contributed by atoms with Gasteiger partial charge in [0.2, 0.25) is 0 Å². The van der Waals surface area contributed by atoms with Gasteiger partial charge in [0.1, 0.15) is 17.9 Å². The summed E-state index contributed by atoms with van der Waals surface area (Å²) in [6, 6.07) is 4.56. The Balaban J connectivity index is 1.93. The summed E-state index contributed by atoms with van der Waals surface area (Å²) in [5.41, 5.74) is 1.14. The molecule has 5 nitrogen and oxygen atoms in total. The molecule has 1 saturated carbocycles. The predicted molar refractivity (Wildman–Crippen MR) is 80.7 cm³/mol. The fraction of sp³-hybridized carbons (Fsp3) is 0.412. The van der Waals surface area contributed by atoms with Crippen molar-refractivity contribution in [3.05, 3.63) is 39.7 Å². The maximum atomic E-state index is 11.8. The summed E-state index contributed by atoms with van der Waals surface area (Å²) in [4.78, 5) is 23.5. The lowest BCUT2D eigenvalue weighted by Gasteiger charge is -2.23. The van der Waals surface area contributed by atoms with E-state index in [2.05, 4.69) is 0 Å². The first-order chi connectivity index (χ1) is 10.6. The largest absolute Gasteiger partial charge is 0.508 e. The second kappa shape index (κ2) is 5.83. The molecule has 1 aliphatic carbocycles. The van der Waals surface area contributed by atoms with Crippen LogP contribution in [0.25, 0.3) is 11.0 Å². The topological polar surface area (TPSA) is 76.7 Å². The van der Waals surface area contributed by atoms with Crippen molar-refractivity contribution >= 4 is 16.9 Å². The number of esters is 1. The van der Waals surface area contributed by atoms with E-state index in [1.54, 1.807) is 6.07 Å². The Bertz CT molecular complexity index is 770. The maximum Gasteiger partial charge on any atom is 0.336 e. The van der Waals surface area contributed by atoms with Crippen LogP contribution in [0.15, 0.2) is 27.4 Å². The van der Waals surface area contributed by atoms with Crippen molar-refractivity contribution in [1.29, 1.82) is 0 Å². The molecule has 1 aliphatic rings. The number of aryl methyl sites for hydroxylation is 1. The van der Waals surface area contributed by atoms with Crippen molar-refractivity contribution in [1.82, 2.24) is 0 Å². The zero-order chi connectivity index (χ0) is 15.7. The van der Waals surface area contributed by atoms with Gasteiger partial charge in [0.15, 0.2) is 0 Å². The quantitative estimate of drug-likeness (QED) is 0.694. The van der Waals surface area contributed by atoms with Crippen LogP contribution in [0.4, 0.5) is 0 Å². The molecule has 2 aromatic rings. The van der Waals surface area contributed by atoms with E-state index in [-0.39, 0.29) is 24.2 Å². The molecule has 1 N–H and O–H groups in total. The minimum atomic E-state index is -0.522. The van der Waals surface area contributed by atoms with Gasteiger partial charge in [-0.2, -0.15) is 0 Å². The Morgan fingerprint density at radius 3 is 2.73 bits per heavy atom. The summed E-state index contributed by atoms with van der Waals surface area (Å²) in [6.07, 6.45) is 3.48. The van der Waals surface area contributed by atoms with Crippen LogP contribution in [0.3, 0.4) is 0 Å². The number of phenols is 1. The SMILES string of the molecule is CCc1cc2c(COC(=O)C3CCC3)cc(=O)oc2cc1O. The van der Waals surface area contributed by atoms with E-state index < -0.39 is 5.63 Å². The first-order valence-corrected chi connectivity index (χ1v) is 7.53. The van der Waals surface area contributed by atoms with Gasteiger partial charge in [-0.05, 0) is 30.9 Å². The molecule has 116 valence electrons. The van der Waals surface area contributed by atoms with Crippen LogP contribution >= 0.6 is 0 Å². The molecule has 0 amide bonds. The Kier molecular flexibility index (Phi) is 3.88. The number of carbonyl (C=O) groups is 1. The smallest absolute Gasteiger partial charge is 0.336 e. The summed E-state index contributed by atoms with van der Waals surface area (Å²) in [5.74, 6) is -0.106. The van der Waals surface area contributed by atoms with Gasteiger partial charge in [-0.15, -0.1) is 0 Å².